The van der Waals surface area contributed by atoms with Crippen molar-refractivity contribution >= 4 is 22.6 Å². The van der Waals surface area contributed by atoms with E-state index >= 15 is 0 Å². The van der Waals surface area contributed by atoms with Crippen molar-refractivity contribution in [2.24, 2.45) is 0 Å². The van der Waals surface area contributed by atoms with E-state index in [1.54, 1.807) is 0 Å². The predicted octanol–water partition coefficient (Wildman–Crippen LogP) is 6.08. The Hall–Kier alpha value is -2.53. The lowest BCUT2D eigenvalue weighted by Gasteiger charge is -2.06. The third-order valence-corrected chi connectivity index (χ3v) is 4.72. The largest absolute Gasteiger partial charge is 0.256 e. The Morgan fingerprint density at radius 3 is 2.12 bits per heavy atom. The molecule has 0 N–H and O–H groups in total. The van der Waals surface area contributed by atoms with Crippen molar-refractivity contribution in [1.82, 2.24) is 9.97 Å². The Labute approximate surface area is 160 Å². The Morgan fingerprint density at radius 2 is 1.36 bits per heavy atom. The number of nitrogens with zero attached hydrogens (tertiary/aromatic N) is 2. The van der Waals surface area contributed by atoms with Crippen LogP contribution in [0.25, 0.3) is 33.6 Å². The fourth-order valence-corrected chi connectivity index (χ4v) is 3.30. The lowest BCUT2D eigenvalue weighted by atomic mass is 10.0. The number of pyridine rings is 2. The molecule has 3 heteroatoms. The molecule has 0 saturated heterocycles. The van der Waals surface area contributed by atoms with Gasteiger partial charge < -0.3 is 0 Å². The highest BCUT2D eigenvalue weighted by molar-refractivity contribution is 14.1. The maximum atomic E-state index is 4.65. The van der Waals surface area contributed by atoms with E-state index in [2.05, 4.69) is 87.2 Å². The summed E-state index contributed by atoms with van der Waals surface area (Å²) < 4.78 is 1.20. The van der Waals surface area contributed by atoms with Crippen LogP contribution in [0.4, 0.5) is 0 Å². The van der Waals surface area contributed by atoms with Crippen LogP contribution in [0.1, 0.15) is 0 Å². The number of aromatic nitrogens is 2. The number of benzene rings is 2. The summed E-state index contributed by atoms with van der Waals surface area (Å²) in [5.41, 5.74) is 6.41. The maximum absolute atomic E-state index is 4.65. The Balaban J connectivity index is 1.67. The first-order chi connectivity index (χ1) is 12.3. The van der Waals surface area contributed by atoms with Gasteiger partial charge in [0.05, 0.1) is 11.4 Å². The van der Waals surface area contributed by atoms with Gasteiger partial charge in [-0.15, -0.1) is 0 Å². The van der Waals surface area contributed by atoms with E-state index in [4.69, 9.17) is 0 Å². The first-order valence-corrected chi connectivity index (χ1v) is 9.11. The first kappa shape index (κ1) is 16.0. The van der Waals surface area contributed by atoms with Crippen LogP contribution >= 0.6 is 22.6 Å². The van der Waals surface area contributed by atoms with E-state index in [0.717, 1.165) is 28.1 Å². The minimum absolute atomic E-state index is 0.953. The van der Waals surface area contributed by atoms with Gasteiger partial charge in [0.1, 0.15) is 0 Å². The fourth-order valence-electron chi connectivity index (χ4n) is 2.76. The Bertz CT molecular complexity index is 996. The highest BCUT2D eigenvalue weighted by Gasteiger charge is 2.05. The summed E-state index contributed by atoms with van der Waals surface area (Å²) >= 11 is 2.32. The van der Waals surface area contributed by atoms with Crippen LogP contribution in [-0.2, 0) is 0 Å². The van der Waals surface area contributed by atoms with Gasteiger partial charge in [0.25, 0.3) is 0 Å². The third-order valence-electron chi connectivity index (χ3n) is 4.05. The smallest absolute Gasteiger partial charge is 0.0709 e. The zero-order valence-electron chi connectivity index (χ0n) is 13.4. The number of hydrogen-bond acceptors (Lipinski definition) is 2. The Kier molecular flexibility index (Phi) is 4.57. The van der Waals surface area contributed by atoms with Crippen LogP contribution in [0.15, 0.2) is 91.3 Å². The van der Waals surface area contributed by atoms with E-state index in [0.29, 0.717) is 0 Å². The van der Waals surface area contributed by atoms with E-state index in [1.807, 2.05) is 36.7 Å². The normalized spacial score (nSPS) is 10.6. The predicted molar refractivity (Wildman–Crippen MR) is 111 cm³/mol. The molecule has 120 valence electrons. The number of hydrogen-bond donors (Lipinski definition) is 0. The molecule has 2 heterocycles. The van der Waals surface area contributed by atoms with Crippen molar-refractivity contribution in [3.63, 3.8) is 0 Å². The molecule has 0 aliphatic carbocycles. The van der Waals surface area contributed by atoms with Crippen molar-refractivity contribution in [3.8, 4) is 33.6 Å². The molecule has 0 bridgehead atoms. The second kappa shape index (κ2) is 7.15. The van der Waals surface area contributed by atoms with Crippen LogP contribution < -0.4 is 0 Å². The first-order valence-electron chi connectivity index (χ1n) is 8.03. The van der Waals surface area contributed by atoms with Crippen LogP contribution in [0.5, 0.6) is 0 Å². The van der Waals surface area contributed by atoms with Gasteiger partial charge in [-0.25, -0.2) is 0 Å². The number of halogens is 1. The van der Waals surface area contributed by atoms with E-state index in [-0.39, 0.29) is 0 Å². The average Bonchev–Trinajstić information content (AvgIpc) is 2.69. The van der Waals surface area contributed by atoms with E-state index < -0.39 is 0 Å². The minimum atomic E-state index is 0.953. The molecule has 0 spiro atoms. The molecule has 0 aliphatic rings. The van der Waals surface area contributed by atoms with Crippen LogP contribution in [-0.4, -0.2) is 9.97 Å². The Morgan fingerprint density at radius 1 is 0.560 bits per heavy atom. The highest BCUT2D eigenvalue weighted by atomic mass is 127. The van der Waals surface area contributed by atoms with Gasteiger partial charge in [0.15, 0.2) is 0 Å². The summed E-state index contributed by atoms with van der Waals surface area (Å²) in [6, 6.07) is 26.9. The molecule has 4 rings (SSSR count). The van der Waals surface area contributed by atoms with E-state index in [1.165, 1.54) is 9.13 Å². The quantitative estimate of drug-likeness (QED) is 0.365. The van der Waals surface area contributed by atoms with Gasteiger partial charge in [0, 0.05) is 32.7 Å². The lowest BCUT2D eigenvalue weighted by molar-refractivity contribution is 1.29. The summed E-state index contributed by atoms with van der Waals surface area (Å²) in [6.45, 7) is 0. The molecule has 0 amide bonds. The molecule has 25 heavy (non-hydrogen) atoms. The number of rotatable bonds is 3. The summed E-state index contributed by atoms with van der Waals surface area (Å²) in [7, 11) is 0. The minimum Gasteiger partial charge on any atom is -0.256 e. The van der Waals surface area contributed by atoms with Crippen molar-refractivity contribution < 1.29 is 0 Å². The molecule has 0 aliphatic heterocycles. The maximum Gasteiger partial charge on any atom is 0.0709 e. The van der Waals surface area contributed by atoms with Crippen LogP contribution in [0.3, 0.4) is 0 Å². The molecule has 0 unspecified atom stereocenters. The topological polar surface area (TPSA) is 25.8 Å². The molecule has 2 nitrogen and oxygen atoms in total. The molecule has 4 aromatic rings. The van der Waals surface area contributed by atoms with Gasteiger partial charge in [-0.05, 0) is 58.5 Å². The second-order valence-corrected chi connectivity index (χ2v) is 6.98. The molecule has 2 aromatic carbocycles. The molecule has 2 aromatic heterocycles. The molecule has 0 fully saturated rings. The van der Waals surface area contributed by atoms with Gasteiger partial charge in [-0.3, -0.25) is 9.97 Å². The molecule has 0 saturated carbocycles. The summed E-state index contributed by atoms with van der Waals surface area (Å²) in [5.74, 6) is 0. The molecule has 0 atom stereocenters. The average molecular weight is 434 g/mol. The zero-order valence-corrected chi connectivity index (χ0v) is 15.6. The zero-order chi connectivity index (χ0) is 17.1. The van der Waals surface area contributed by atoms with Crippen molar-refractivity contribution in [3.05, 3.63) is 94.8 Å². The van der Waals surface area contributed by atoms with Gasteiger partial charge in [0.2, 0.25) is 0 Å². The molecular formula is C22H15IN2. The fraction of sp³-hybridized carbons (Fsp3) is 0. The third kappa shape index (κ3) is 3.61. The molecule has 0 radical (unpaired) electrons. The van der Waals surface area contributed by atoms with Crippen LogP contribution in [0.2, 0.25) is 0 Å². The summed E-state index contributed by atoms with van der Waals surface area (Å²) in [5, 5.41) is 0. The highest BCUT2D eigenvalue weighted by Crippen LogP contribution is 2.26. The van der Waals surface area contributed by atoms with Crippen molar-refractivity contribution in [2.45, 2.75) is 0 Å². The van der Waals surface area contributed by atoms with Crippen molar-refractivity contribution in [2.75, 3.05) is 0 Å². The van der Waals surface area contributed by atoms with Gasteiger partial charge in [-0.2, -0.15) is 0 Å². The second-order valence-electron chi connectivity index (χ2n) is 5.74. The summed E-state index contributed by atoms with van der Waals surface area (Å²) in [4.78, 5) is 9.16. The van der Waals surface area contributed by atoms with Crippen LogP contribution in [0, 0.1) is 3.57 Å². The van der Waals surface area contributed by atoms with Crippen molar-refractivity contribution in [1.29, 1.82) is 0 Å². The standard InChI is InChI=1S/C22H15IN2/c23-20-8-4-7-17(13-20)22-14-18(11-12-24-22)21-10-9-19(15-25-21)16-5-2-1-3-6-16/h1-15H. The summed E-state index contributed by atoms with van der Waals surface area (Å²) in [6.07, 6.45) is 3.77. The monoisotopic (exact) mass is 434 g/mol. The lowest BCUT2D eigenvalue weighted by Crippen LogP contribution is -1.88. The van der Waals surface area contributed by atoms with E-state index in [9.17, 15) is 0 Å². The van der Waals surface area contributed by atoms with Gasteiger partial charge in [-0.1, -0.05) is 48.5 Å². The van der Waals surface area contributed by atoms with Gasteiger partial charge >= 0.3 is 0 Å². The molecular weight excluding hydrogens is 419 g/mol. The SMILES string of the molecule is Ic1cccc(-c2cc(-c3ccc(-c4ccccc4)cn3)ccn2)c1.